The summed E-state index contributed by atoms with van der Waals surface area (Å²) in [4.78, 5) is 15.4. The summed E-state index contributed by atoms with van der Waals surface area (Å²) in [5.74, 6) is -0.537. The number of aliphatic hydroxyl groups is 1. The number of fused-ring (bicyclic) bond motifs is 1. The summed E-state index contributed by atoms with van der Waals surface area (Å²) in [5.41, 5.74) is 8.15. The molecule has 5 heteroatoms. The number of benzene rings is 1. The number of nitrogens with two attached hydrogens (primary N) is 1. The van der Waals surface area contributed by atoms with Crippen molar-refractivity contribution >= 4 is 16.8 Å². The number of aromatic nitrogens is 2. The van der Waals surface area contributed by atoms with Crippen LogP contribution >= 0.6 is 0 Å². The summed E-state index contributed by atoms with van der Waals surface area (Å²) in [7, 11) is 0. The molecule has 0 aliphatic carbocycles. The maximum absolute atomic E-state index is 11.2. The van der Waals surface area contributed by atoms with Gasteiger partial charge in [-0.15, -0.1) is 0 Å². The highest BCUT2D eigenvalue weighted by atomic mass is 16.3. The number of rotatable bonds is 4. The van der Waals surface area contributed by atoms with Crippen molar-refractivity contribution in [3.63, 3.8) is 0 Å². The minimum atomic E-state index is -0.537. The number of primary amides is 1. The maximum Gasteiger partial charge on any atom is 0.267 e. The minimum absolute atomic E-state index is 0.0116. The molecule has 2 heterocycles. The average Bonchev–Trinajstić information content (AvgIpc) is 2.86. The Morgan fingerprint density at radius 1 is 1.19 bits per heavy atom. The molecule has 3 N–H and O–H groups in total. The van der Waals surface area contributed by atoms with Gasteiger partial charge in [-0.1, -0.05) is 24.3 Å². The van der Waals surface area contributed by atoms with Gasteiger partial charge in [0, 0.05) is 22.7 Å². The molecule has 0 spiro atoms. The van der Waals surface area contributed by atoms with Crippen LogP contribution in [-0.2, 0) is 13.2 Å². The zero-order chi connectivity index (χ0) is 14.8. The second kappa shape index (κ2) is 5.38. The largest absolute Gasteiger partial charge is 0.392 e. The molecule has 21 heavy (non-hydrogen) atoms. The molecule has 3 rings (SSSR count). The number of amides is 1. The summed E-state index contributed by atoms with van der Waals surface area (Å²) in [6.45, 7) is 0.504. The van der Waals surface area contributed by atoms with Crippen LogP contribution in [0, 0.1) is 0 Å². The number of aliphatic hydroxyl groups excluding tert-OH is 1. The van der Waals surface area contributed by atoms with Crippen LogP contribution in [0.4, 0.5) is 0 Å². The molecule has 0 aliphatic rings. The number of pyridine rings is 1. The molecule has 0 radical (unpaired) electrons. The molecule has 106 valence electrons. The highest BCUT2D eigenvalue weighted by molar-refractivity contribution is 5.90. The molecular formula is C16H15N3O2. The van der Waals surface area contributed by atoms with Crippen molar-refractivity contribution in [1.82, 2.24) is 9.55 Å². The van der Waals surface area contributed by atoms with Crippen LogP contribution < -0.4 is 5.73 Å². The number of hydrogen-bond donors (Lipinski definition) is 2. The van der Waals surface area contributed by atoms with E-state index in [-0.39, 0.29) is 12.3 Å². The predicted molar refractivity (Wildman–Crippen MR) is 79.7 cm³/mol. The van der Waals surface area contributed by atoms with Gasteiger partial charge in [-0.3, -0.25) is 4.79 Å². The molecule has 0 fully saturated rings. The van der Waals surface area contributed by atoms with Crippen LogP contribution in [0.2, 0.25) is 0 Å². The van der Waals surface area contributed by atoms with Gasteiger partial charge < -0.3 is 15.4 Å². The van der Waals surface area contributed by atoms with Crippen molar-refractivity contribution in [3.05, 3.63) is 65.6 Å². The van der Waals surface area contributed by atoms with Crippen molar-refractivity contribution in [2.45, 2.75) is 13.2 Å². The molecule has 0 atom stereocenters. The van der Waals surface area contributed by atoms with Crippen LogP contribution in [0.3, 0.4) is 0 Å². The molecule has 0 saturated carbocycles. The Bertz CT molecular complexity index is 808. The van der Waals surface area contributed by atoms with Crippen molar-refractivity contribution in [2.75, 3.05) is 0 Å². The van der Waals surface area contributed by atoms with Gasteiger partial charge in [-0.05, 0) is 18.2 Å². The lowest BCUT2D eigenvalue weighted by molar-refractivity contribution is 0.0995. The fourth-order valence-electron chi connectivity index (χ4n) is 2.46. The van der Waals surface area contributed by atoms with Gasteiger partial charge in [0.15, 0.2) is 0 Å². The zero-order valence-corrected chi connectivity index (χ0v) is 11.4. The van der Waals surface area contributed by atoms with E-state index in [0.29, 0.717) is 6.54 Å². The smallest absolute Gasteiger partial charge is 0.267 e. The normalized spacial score (nSPS) is 10.9. The summed E-state index contributed by atoms with van der Waals surface area (Å²) in [6.07, 6.45) is 1.91. The van der Waals surface area contributed by atoms with E-state index in [1.54, 1.807) is 12.1 Å². The molecule has 3 aromatic rings. The Morgan fingerprint density at radius 2 is 2.00 bits per heavy atom. The number of carbonyl (C=O) groups is 1. The number of hydrogen-bond acceptors (Lipinski definition) is 3. The fraction of sp³-hybridized carbons (Fsp3) is 0.125. The van der Waals surface area contributed by atoms with E-state index in [2.05, 4.69) is 4.98 Å². The first kappa shape index (κ1) is 13.3. The second-order valence-corrected chi connectivity index (χ2v) is 4.84. The molecule has 5 nitrogen and oxygen atoms in total. The Balaban J connectivity index is 2.02. The molecule has 2 aromatic heterocycles. The highest BCUT2D eigenvalue weighted by Gasteiger charge is 2.09. The highest BCUT2D eigenvalue weighted by Crippen LogP contribution is 2.22. The summed E-state index contributed by atoms with van der Waals surface area (Å²) in [5, 5.41) is 10.5. The summed E-state index contributed by atoms with van der Waals surface area (Å²) >= 11 is 0. The first-order chi connectivity index (χ1) is 10.2. The molecule has 1 amide bonds. The van der Waals surface area contributed by atoms with Crippen LogP contribution in [0.25, 0.3) is 10.9 Å². The quantitative estimate of drug-likeness (QED) is 0.763. The summed E-state index contributed by atoms with van der Waals surface area (Å²) in [6, 6.07) is 13.1. The second-order valence-electron chi connectivity index (χ2n) is 4.84. The lowest BCUT2D eigenvalue weighted by atomic mass is 10.2. The van der Waals surface area contributed by atoms with Crippen LogP contribution in [-0.4, -0.2) is 20.6 Å². The molecule has 0 bridgehead atoms. The third-order valence-corrected chi connectivity index (χ3v) is 3.43. The fourth-order valence-corrected chi connectivity index (χ4v) is 2.46. The van der Waals surface area contributed by atoms with Gasteiger partial charge in [0.05, 0.1) is 18.8 Å². The van der Waals surface area contributed by atoms with E-state index >= 15 is 0 Å². The number of nitrogens with zero attached hydrogens (tertiary/aromatic N) is 2. The third-order valence-electron chi connectivity index (χ3n) is 3.43. The van der Waals surface area contributed by atoms with E-state index in [1.807, 2.05) is 41.1 Å². The van der Waals surface area contributed by atoms with Gasteiger partial charge in [0.25, 0.3) is 5.91 Å². The van der Waals surface area contributed by atoms with Crippen LogP contribution in [0.1, 0.15) is 21.7 Å². The summed E-state index contributed by atoms with van der Waals surface area (Å²) < 4.78 is 2.01. The number of carbonyl (C=O) groups excluding carboxylic acids is 1. The van der Waals surface area contributed by atoms with E-state index in [4.69, 9.17) is 5.73 Å². The molecule has 0 saturated heterocycles. The Hall–Kier alpha value is -2.66. The Kier molecular flexibility index (Phi) is 3.41. The SMILES string of the molecule is NC(=O)c1cccc(Cn2cc(CO)c3ccccc32)n1. The van der Waals surface area contributed by atoms with E-state index in [0.717, 1.165) is 22.2 Å². The molecule has 0 aliphatic heterocycles. The van der Waals surface area contributed by atoms with Gasteiger partial charge >= 0.3 is 0 Å². The molecule has 1 aromatic carbocycles. The van der Waals surface area contributed by atoms with Gasteiger partial charge in [-0.2, -0.15) is 0 Å². The lowest BCUT2D eigenvalue weighted by Crippen LogP contribution is -2.14. The zero-order valence-electron chi connectivity index (χ0n) is 11.4. The third kappa shape index (κ3) is 2.51. The van der Waals surface area contributed by atoms with Crippen molar-refractivity contribution < 1.29 is 9.90 Å². The first-order valence-electron chi connectivity index (χ1n) is 6.62. The molecular weight excluding hydrogens is 266 g/mol. The van der Waals surface area contributed by atoms with E-state index in [1.165, 1.54) is 0 Å². The van der Waals surface area contributed by atoms with Crippen LogP contribution in [0.15, 0.2) is 48.7 Å². The van der Waals surface area contributed by atoms with Gasteiger partial charge in [0.2, 0.25) is 0 Å². The predicted octanol–water partition coefficient (Wildman–Crippen LogP) is 1.68. The topological polar surface area (TPSA) is 81.1 Å². The Labute approximate surface area is 121 Å². The monoisotopic (exact) mass is 281 g/mol. The standard InChI is InChI=1S/C16H15N3O2/c17-16(21)14-6-3-4-12(18-14)9-19-8-11(10-20)13-5-1-2-7-15(13)19/h1-8,20H,9-10H2,(H2,17,21). The first-order valence-corrected chi connectivity index (χ1v) is 6.62. The van der Waals surface area contributed by atoms with Crippen molar-refractivity contribution in [2.24, 2.45) is 5.73 Å². The van der Waals surface area contributed by atoms with E-state index in [9.17, 15) is 9.90 Å². The van der Waals surface area contributed by atoms with Gasteiger partial charge in [0.1, 0.15) is 5.69 Å². The Morgan fingerprint density at radius 3 is 2.76 bits per heavy atom. The van der Waals surface area contributed by atoms with Gasteiger partial charge in [-0.25, -0.2) is 4.98 Å². The van der Waals surface area contributed by atoms with Crippen LogP contribution in [0.5, 0.6) is 0 Å². The van der Waals surface area contributed by atoms with Crippen molar-refractivity contribution in [1.29, 1.82) is 0 Å². The maximum atomic E-state index is 11.2. The molecule has 0 unspecified atom stereocenters. The van der Waals surface area contributed by atoms with E-state index < -0.39 is 5.91 Å². The number of para-hydroxylation sites is 1. The lowest BCUT2D eigenvalue weighted by Gasteiger charge is -2.06. The van der Waals surface area contributed by atoms with Crippen molar-refractivity contribution in [3.8, 4) is 0 Å². The average molecular weight is 281 g/mol. The minimum Gasteiger partial charge on any atom is -0.392 e.